The highest BCUT2D eigenvalue weighted by atomic mass is 35.5. The minimum atomic E-state index is -1.10. The van der Waals surface area contributed by atoms with Gasteiger partial charge in [0, 0.05) is 17.8 Å². The van der Waals surface area contributed by atoms with Crippen molar-refractivity contribution in [3.05, 3.63) is 28.8 Å². The number of carboxylic acids is 1. The van der Waals surface area contributed by atoms with E-state index < -0.39 is 18.4 Å². The van der Waals surface area contributed by atoms with Crippen molar-refractivity contribution in [3.8, 4) is 0 Å². The van der Waals surface area contributed by atoms with Gasteiger partial charge in [0.25, 0.3) is 5.91 Å². The molecule has 3 N–H and O–H groups in total. The molecule has 0 atom stereocenters. The van der Waals surface area contributed by atoms with Crippen molar-refractivity contribution in [1.29, 1.82) is 0 Å². The van der Waals surface area contributed by atoms with Gasteiger partial charge in [0.1, 0.15) is 6.54 Å². The Morgan fingerprint density at radius 1 is 1.44 bits per heavy atom. The van der Waals surface area contributed by atoms with E-state index >= 15 is 0 Å². The lowest BCUT2D eigenvalue weighted by atomic mass is 10.1. The third kappa shape index (κ3) is 3.13. The molecule has 0 aliphatic heterocycles. The Hall–Kier alpha value is -1.75. The van der Waals surface area contributed by atoms with Crippen LogP contribution in [-0.2, 0) is 4.79 Å². The lowest BCUT2D eigenvalue weighted by Crippen LogP contribution is -2.29. The molecule has 16 heavy (non-hydrogen) atoms. The summed E-state index contributed by atoms with van der Waals surface area (Å²) < 4.78 is 0. The molecule has 0 unspecified atom stereocenters. The quantitative estimate of drug-likeness (QED) is 0.741. The first-order chi connectivity index (χ1) is 7.54. The van der Waals surface area contributed by atoms with Gasteiger partial charge in [0.15, 0.2) is 0 Å². The van der Waals surface area contributed by atoms with Gasteiger partial charge in [0.2, 0.25) is 0 Å². The summed E-state index contributed by atoms with van der Waals surface area (Å²) in [5, 5.41) is 13.9. The topological polar surface area (TPSA) is 78.4 Å². The number of carbonyl (C=O) groups excluding carboxylic acids is 1. The summed E-state index contributed by atoms with van der Waals surface area (Å²) in [5.41, 5.74) is 0.906. The van der Waals surface area contributed by atoms with Gasteiger partial charge in [-0.15, -0.1) is 0 Å². The Morgan fingerprint density at radius 3 is 2.69 bits per heavy atom. The van der Waals surface area contributed by atoms with Crippen LogP contribution < -0.4 is 10.6 Å². The second-order valence-electron chi connectivity index (χ2n) is 3.02. The SMILES string of the molecule is CNc1ccc(Cl)cc1C(=O)NCC(=O)O. The third-order valence-corrected chi connectivity index (χ3v) is 2.13. The lowest BCUT2D eigenvalue weighted by Gasteiger charge is -2.08. The van der Waals surface area contributed by atoms with Gasteiger partial charge >= 0.3 is 5.97 Å². The number of anilines is 1. The van der Waals surface area contributed by atoms with Gasteiger partial charge in [-0.25, -0.2) is 0 Å². The maximum atomic E-state index is 11.6. The fraction of sp³-hybridized carbons (Fsp3) is 0.200. The number of rotatable bonds is 4. The monoisotopic (exact) mass is 242 g/mol. The summed E-state index contributed by atoms with van der Waals surface area (Å²) in [5.74, 6) is -1.57. The van der Waals surface area contributed by atoms with Crippen molar-refractivity contribution in [3.63, 3.8) is 0 Å². The van der Waals surface area contributed by atoms with E-state index in [0.29, 0.717) is 16.3 Å². The summed E-state index contributed by atoms with van der Waals surface area (Å²) >= 11 is 5.76. The normalized spacial score (nSPS) is 9.62. The molecular weight excluding hydrogens is 232 g/mol. The first-order valence-corrected chi connectivity index (χ1v) is 4.89. The van der Waals surface area contributed by atoms with Crippen LogP contribution in [0.1, 0.15) is 10.4 Å². The fourth-order valence-electron chi connectivity index (χ4n) is 1.17. The molecule has 0 radical (unpaired) electrons. The zero-order valence-corrected chi connectivity index (χ0v) is 9.34. The predicted molar refractivity (Wildman–Crippen MR) is 61.0 cm³/mol. The smallest absolute Gasteiger partial charge is 0.322 e. The van der Waals surface area contributed by atoms with Crippen molar-refractivity contribution in [1.82, 2.24) is 5.32 Å². The summed E-state index contributed by atoms with van der Waals surface area (Å²) in [7, 11) is 1.66. The molecule has 0 bridgehead atoms. The van der Waals surface area contributed by atoms with Gasteiger partial charge in [0.05, 0.1) is 5.56 Å². The zero-order valence-electron chi connectivity index (χ0n) is 8.58. The van der Waals surface area contributed by atoms with Gasteiger partial charge in [-0.3, -0.25) is 9.59 Å². The number of amides is 1. The predicted octanol–water partition coefficient (Wildman–Crippen LogP) is 1.20. The highest BCUT2D eigenvalue weighted by Gasteiger charge is 2.11. The van der Waals surface area contributed by atoms with Crippen LogP contribution >= 0.6 is 11.6 Å². The van der Waals surface area contributed by atoms with Crippen LogP contribution in [0.3, 0.4) is 0 Å². The Bertz CT molecular complexity index is 421. The summed E-state index contributed by atoms with van der Waals surface area (Å²) in [6.07, 6.45) is 0. The van der Waals surface area contributed by atoms with Crippen molar-refractivity contribution < 1.29 is 14.7 Å². The molecule has 0 saturated heterocycles. The van der Waals surface area contributed by atoms with Crippen LogP contribution in [0.25, 0.3) is 0 Å². The first kappa shape index (κ1) is 12.3. The molecule has 1 amide bonds. The molecule has 0 saturated carbocycles. The highest BCUT2D eigenvalue weighted by molar-refractivity contribution is 6.31. The van der Waals surface area contributed by atoms with Crippen molar-refractivity contribution >= 4 is 29.2 Å². The Morgan fingerprint density at radius 2 is 2.12 bits per heavy atom. The number of hydrogen-bond acceptors (Lipinski definition) is 3. The Balaban J connectivity index is 2.88. The maximum Gasteiger partial charge on any atom is 0.322 e. The molecule has 6 heteroatoms. The van der Waals surface area contributed by atoms with E-state index in [0.717, 1.165) is 0 Å². The zero-order chi connectivity index (χ0) is 12.1. The largest absolute Gasteiger partial charge is 0.480 e. The van der Waals surface area contributed by atoms with Crippen LogP contribution in [0.15, 0.2) is 18.2 Å². The van der Waals surface area contributed by atoms with Crippen molar-refractivity contribution in [2.75, 3.05) is 18.9 Å². The summed E-state index contributed by atoms with van der Waals surface area (Å²) in [4.78, 5) is 21.9. The van der Waals surface area contributed by atoms with Gasteiger partial charge in [-0.05, 0) is 18.2 Å². The van der Waals surface area contributed by atoms with Crippen molar-refractivity contribution in [2.24, 2.45) is 0 Å². The molecule has 0 aliphatic carbocycles. The van der Waals surface area contributed by atoms with Crippen LogP contribution in [-0.4, -0.2) is 30.6 Å². The molecular formula is C10H11ClN2O3. The van der Waals surface area contributed by atoms with Crippen LogP contribution in [0.2, 0.25) is 5.02 Å². The van der Waals surface area contributed by atoms with Gasteiger partial charge in [-0.2, -0.15) is 0 Å². The van der Waals surface area contributed by atoms with Crippen LogP contribution in [0, 0.1) is 0 Å². The van der Waals surface area contributed by atoms with E-state index in [1.165, 1.54) is 6.07 Å². The van der Waals surface area contributed by atoms with Crippen LogP contribution in [0.4, 0.5) is 5.69 Å². The fourth-order valence-corrected chi connectivity index (χ4v) is 1.35. The number of nitrogens with one attached hydrogen (secondary N) is 2. The average molecular weight is 243 g/mol. The molecule has 86 valence electrons. The Kier molecular flexibility index (Phi) is 4.13. The summed E-state index contributed by atoms with van der Waals surface area (Å²) in [6.45, 7) is -0.422. The first-order valence-electron chi connectivity index (χ1n) is 4.52. The number of carboxylic acid groups (broad SMARTS) is 1. The van der Waals surface area contributed by atoms with E-state index in [4.69, 9.17) is 16.7 Å². The number of aliphatic carboxylic acids is 1. The van der Waals surface area contributed by atoms with E-state index in [1.807, 2.05) is 0 Å². The summed E-state index contributed by atoms with van der Waals surface area (Å²) in [6, 6.07) is 4.77. The molecule has 0 fully saturated rings. The molecule has 0 heterocycles. The third-order valence-electron chi connectivity index (χ3n) is 1.90. The van der Waals surface area contributed by atoms with Gasteiger partial charge in [-0.1, -0.05) is 11.6 Å². The molecule has 1 aromatic carbocycles. The minimum absolute atomic E-state index is 0.316. The molecule has 1 aromatic rings. The number of carbonyl (C=O) groups is 2. The van der Waals surface area contributed by atoms with E-state index in [-0.39, 0.29) is 0 Å². The number of benzene rings is 1. The van der Waals surface area contributed by atoms with E-state index in [2.05, 4.69) is 10.6 Å². The minimum Gasteiger partial charge on any atom is -0.480 e. The van der Waals surface area contributed by atoms with E-state index in [9.17, 15) is 9.59 Å². The van der Waals surface area contributed by atoms with E-state index in [1.54, 1.807) is 19.2 Å². The van der Waals surface area contributed by atoms with Crippen LogP contribution in [0.5, 0.6) is 0 Å². The van der Waals surface area contributed by atoms with Crippen molar-refractivity contribution in [2.45, 2.75) is 0 Å². The lowest BCUT2D eigenvalue weighted by molar-refractivity contribution is -0.135. The molecule has 0 aromatic heterocycles. The second kappa shape index (κ2) is 5.37. The number of hydrogen-bond donors (Lipinski definition) is 3. The number of halogens is 1. The Labute approximate surface area is 97.4 Å². The second-order valence-corrected chi connectivity index (χ2v) is 3.45. The highest BCUT2D eigenvalue weighted by Crippen LogP contribution is 2.19. The van der Waals surface area contributed by atoms with Gasteiger partial charge < -0.3 is 15.7 Å². The molecule has 1 rings (SSSR count). The maximum absolute atomic E-state index is 11.6. The molecule has 0 spiro atoms. The average Bonchev–Trinajstić information content (AvgIpc) is 2.25. The molecule has 5 nitrogen and oxygen atoms in total. The standard InChI is InChI=1S/C10H11ClN2O3/c1-12-8-3-2-6(11)4-7(8)10(16)13-5-9(14)15/h2-4,12H,5H2,1H3,(H,13,16)(H,14,15). The molecule has 0 aliphatic rings.